The number of nitrogens with one attached hydrogen (secondary N) is 1. The molecule has 0 bridgehead atoms. The molecule has 0 aliphatic heterocycles. The Morgan fingerprint density at radius 3 is 2.40 bits per heavy atom. The largest absolute Gasteiger partial charge is 0.480 e. The molecule has 0 amide bonds. The van der Waals surface area contributed by atoms with E-state index in [9.17, 15) is 9.90 Å². The Kier molecular flexibility index (Phi) is 4.78. The van der Waals surface area contributed by atoms with Gasteiger partial charge in [-0.1, -0.05) is 43.2 Å². The second-order valence-electron chi connectivity index (χ2n) is 5.89. The van der Waals surface area contributed by atoms with Gasteiger partial charge in [-0.25, -0.2) is 0 Å². The number of nitrogens with zero attached hydrogens (tertiary/aromatic N) is 1. The molecule has 4 heteroatoms. The number of hydrogen-bond acceptors (Lipinski definition) is 3. The van der Waals surface area contributed by atoms with E-state index >= 15 is 0 Å². The third-order valence-corrected chi connectivity index (χ3v) is 4.50. The molecule has 1 aliphatic rings. The molecule has 0 spiro atoms. The lowest BCUT2D eigenvalue weighted by Crippen LogP contribution is -2.51. The van der Waals surface area contributed by atoms with Crippen LogP contribution in [-0.4, -0.2) is 42.2 Å². The van der Waals surface area contributed by atoms with Crippen LogP contribution in [0.15, 0.2) is 30.3 Å². The van der Waals surface area contributed by atoms with Gasteiger partial charge < -0.3 is 10.0 Å². The fourth-order valence-corrected chi connectivity index (χ4v) is 3.10. The third-order valence-electron chi connectivity index (χ3n) is 4.50. The van der Waals surface area contributed by atoms with Crippen molar-refractivity contribution in [3.8, 4) is 0 Å². The molecule has 1 aromatic carbocycles. The van der Waals surface area contributed by atoms with Crippen molar-refractivity contribution in [2.75, 3.05) is 20.6 Å². The summed E-state index contributed by atoms with van der Waals surface area (Å²) in [6.45, 7) is 0.714. The van der Waals surface area contributed by atoms with Crippen molar-refractivity contribution in [3.63, 3.8) is 0 Å². The van der Waals surface area contributed by atoms with Crippen LogP contribution in [0.2, 0.25) is 0 Å². The summed E-state index contributed by atoms with van der Waals surface area (Å²) in [5.74, 6) is -0.817. The van der Waals surface area contributed by atoms with Crippen LogP contribution in [0.25, 0.3) is 0 Å². The van der Waals surface area contributed by atoms with E-state index in [2.05, 4.69) is 24.3 Å². The van der Waals surface area contributed by atoms with Crippen molar-refractivity contribution in [1.82, 2.24) is 10.2 Å². The molecule has 0 aromatic heterocycles. The van der Waals surface area contributed by atoms with Crippen LogP contribution in [0.3, 0.4) is 0 Å². The van der Waals surface area contributed by atoms with Crippen molar-refractivity contribution in [1.29, 1.82) is 0 Å². The van der Waals surface area contributed by atoms with Crippen molar-refractivity contribution in [2.24, 2.45) is 0 Å². The molecule has 20 heavy (non-hydrogen) atoms. The zero-order valence-electron chi connectivity index (χ0n) is 12.3. The van der Waals surface area contributed by atoms with Gasteiger partial charge in [0.2, 0.25) is 0 Å². The first kappa shape index (κ1) is 15.0. The maximum absolute atomic E-state index is 11.5. The van der Waals surface area contributed by atoms with E-state index < -0.39 is 12.0 Å². The third kappa shape index (κ3) is 3.19. The molecule has 1 saturated carbocycles. The molecule has 110 valence electrons. The number of rotatable bonds is 6. The van der Waals surface area contributed by atoms with E-state index in [0.717, 1.165) is 18.4 Å². The summed E-state index contributed by atoms with van der Waals surface area (Å²) in [4.78, 5) is 13.7. The van der Waals surface area contributed by atoms with Gasteiger partial charge >= 0.3 is 5.97 Å². The van der Waals surface area contributed by atoms with Gasteiger partial charge in [0.25, 0.3) is 0 Å². The summed E-state index contributed by atoms with van der Waals surface area (Å²) in [7, 11) is 4.18. The van der Waals surface area contributed by atoms with Crippen molar-refractivity contribution in [3.05, 3.63) is 35.9 Å². The summed E-state index contributed by atoms with van der Waals surface area (Å²) < 4.78 is 0. The Labute approximate surface area is 120 Å². The summed E-state index contributed by atoms with van der Waals surface area (Å²) in [6.07, 6.45) is 4.72. The number of carboxylic acid groups (broad SMARTS) is 1. The zero-order valence-corrected chi connectivity index (χ0v) is 12.3. The Morgan fingerprint density at radius 2 is 1.90 bits per heavy atom. The molecule has 2 N–H and O–H groups in total. The molecule has 1 fully saturated rings. The molecule has 1 atom stereocenters. The Balaban J connectivity index is 2.08. The van der Waals surface area contributed by atoms with E-state index in [1.54, 1.807) is 0 Å². The number of hydrogen-bond donors (Lipinski definition) is 2. The number of benzene rings is 1. The van der Waals surface area contributed by atoms with Crippen molar-refractivity contribution in [2.45, 2.75) is 37.3 Å². The van der Waals surface area contributed by atoms with Crippen molar-refractivity contribution >= 4 is 5.97 Å². The quantitative estimate of drug-likeness (QED) is 0.837. The molecule has 0 heterocycles. The SMILES string of the molecule is CN(C)C1(CNC(C(=O)O)c2ccccc2)CCCC1. The average Bonchev–Trinajstić information content (AvgIpc) is 2.90. The van der Waals surface area contributed by atoms with E-state index in [0.29, 0.717) is 6.54 Å². The van der Waals surface area contributed by atoms with Gasteiger partial charge in [-0.05, 0) is 32.5 Å². The lowest BCUT2D eigenvalue weighted by atomic mass is 9.95. The molecule has 1 aromatic rings. The maximum atomic E-state index is 11.5. The highest BCUT2D eigenvalue weighted by Gasteiger charge is 2.36. The fraction of sp³-hybridized carbons (Fsp3) is 0.562. The highest BCUT2D eigenvalue weighted by atomic mass is 16.4. The lowest BCUT2D eigenvalue weighted by Gasteiger charge is -2.37. The first-order valence-electron chi connectivity index (χ1n) is 7.24. The molecular formula is C16H24N2O2. The summed E-state index contributed by atoms with van der Waals surface area (Å²) in [5, 5.41) is 12.7. The predicted octanol–water partition coefficient (Wildman–Crippen LogP) is 2.28. The molecule has 0 saturated heterocycles. The zero-order chi connectivity index (χ0) is 14.6. The Bertz CT molecular complexity index is 439. The van der Waals surface area contributed by atoms with Gasteiger partial charge in [0.1, 0.15) is 6.04 Å². The number of carbonyl (C=O) groups is 1. The first-order valence-corrected chi connectivity index (χ1v) is 7.24. The molecule has 0 radical (unpaired) electrons. The van der Waals surface area contributed by atoms with Gasteiger partial charge in [-0.3, -0.25) is 10.1 Å². The molecule has 4 nitrogen and oxygen atoms in total. The summed E-state index contributed by atoms with van der Waals surface area (Å²) in [6, 6.07) is 8.76. The predicted molar refractivity (Wildman–Crippen MR) is 79.7 cm³/mol. The van der Waals surface area contributed by atoms with Crippen LogP contribution >= 0.6 is 0 Å². The second kappa shape index (κ2) is 6.37. The molecule has 2 rings (SSSR count). The first-order chi connectivity index (χ1) is 9.55. The molecule has 1 unspecified atom stereocenters. The van der Waals surface area contributed by atoms with E-state index in [1.165, 1.54) is 12.8 Å². The summed E-state index contributed by atoms with van der Waals surface area (Å²) >= 11 is 0. The van der Waals surface area contributed by atoms with Gasteiger partial charge in [0.05, 0.1) is 0 Å². The number of aliphatic carboxylic acids is 1. The molecule has 1 aliphatic carbocycles. The smallest absolute Gasteiger partial charge is 0.325 e. The van der Waals surface area contributed by atoms with Gasteiger partial charge in [-0.2, -0.15) is 0 Å². The second-order valence-corrected chi connectivity index (χ2v) is 5.89. The maximum Gasteiger partial charge on any atom is 0.325 e. The highest BCUT2D eigenvalue weighted by Crippen LogP contribution is 2.33. The molecular weight excluding hydrogens is 252 g/mol. The summed E-state index contributed by atoms with van der Waals surface area (Å²) in [5.41, 5.74) is 0.912. The van der Waals surface area contributed by atoms with E-state index in [-0.39, 0.29) is 5.54 Å². The minimum atomic E-state index is -0.817. The monoisotopic (exact) mass is 276 g/mol. The van der Waals surface area contributed by atoms with E-state index in [1.807, 2.05) is 30.3 Å². The average molecular weight is 276 g/mol. The number of carboxylic acids is 1. The number of likely N-dealkylation sites (N-methyl/N-ethyl adjacent to an activating group) is 1. The topological polar surface area (TPSA) is 52.6 Å². The lowest BCUT2D eigenvalue weighted by molar-refractivity contribution is -0.139. The Morgan fingerprint density at radius 1 is 1.30 bits per heavy atom. The minimum absolute atomic E-state index is 0.0997. The van der Waals surface area contributed by atoms with Gasteiger partial charge in [0, 0.05) is 12.1 Å². The Hall–Kier alpha value is -1.39. The van der Waals surface area contributed by atoms with E-state index in [4.69, 9.17) is 0 Å². The fourth-order valence-electron chi connectivity index (χ4n) is 3.10. The van der Waals surface area contributed by atoms with Gasteiger partial charge in [-0.15, -0.1) is 0 Å². The van der Waals surface area contributed by atoms with Crippen LogP contribution in [0.4, 0.5) is 0 Å². The minimum Gasteiger partial charge on any atom is -0.480 e. The van der Waals surface area contributed by atoms with Crippen molar-refractivity contribution < 1.29 is 9.90 Å². The normalized spacial score (nSPS) is 19.1. The van der Waals surface area contributed by atoms with Crippen LogP contribution in [-0.2, 0) is 4.79 Å². The van der Waals surface area contributed by atoms with Crippen LogP contribution in [0.1, 0.15) is 37.3 Å². The highest BCUT2D eigenvalue weighted by molar-refractivity contribution is 5.75. The van der Waals surface area contributed by atoms with Crippen LogP contribution < -0.4 is 5.32 Å². The standard InChI is InChI=1S/C16H24N2O2/c1-18(2)16(10-6-7-11-16)12-17-14(15(19)20)13-8-4-3-5-9-13/h3-5,8-9,14,17H,6-7,10-12H2,1-2H3,(H,19,20). The van der Waals surface area contributed by atoms with Gasteiger partial charge in [0.15, 0.2) is 0 Å². The van der Waals surface area contributed by atoms with Crippen LogP contribution in [0, 0.1) is 0 Å². The van der Waals surface area contributed by atoms with Crippen LogP contribution in [0.5, 0.6) is 0 Å².